The van der Waals surface area contributed by atoms with Gasteiger partial charge in [-0.1, -0.05) is 15.9 Å². The Hall–Kier alpha value is -1.23. The summed E-state index contributed by atoms with van der Waals surface area (Å²) in [6.07, 6.45) is 1.91. The third kappa shape index (κ3) is 1.25. The predicted molar refractivity (Wildman–Crippen MR) is 48.2 cm³/mol. The van der Waals surface area contributed by atoms with Gasteiger partial charge in [0.25, 0.3) is 0 Å². The molecule has 0 atom stereocenters. The summed E-state index contributed by atoms with van der Waals surface area (Å²) in [6.45, 7) is 0. The van der Waals surface area contributed by atoms with Crippen LogP contribution in [-0.2, 0) is 0 Å². The molecule has 0 amide bonds. The molecule has 3 nitrogen and oxygen atoms in total. The van der Waals surface area contributed by atoms with Crippen LogP contribution in [0.2, 0.25) is 0 Å². The molecule has 13 heavy (non-hydrogen) atoms. The maximum atomic E-state index is 13.2. The van der Waals surface area contributed by atoms with Crippen LogP contribution < -0.4 is 0 Å². The van der Waals surface area contributed by atoms with Gasteiger partial charge in [0.1, 0.15) is 5.65 Å². The average Bonchev–Trinajstić information content (AvgIpc) is 2.42. The van der Waals surface area contributed by atoms with Gasteiger partial charge in [0.15, 0.2) is 12.0 Å². The molecule has 66 valence electrons. The quantitative estimate of drug-likeness (QED) is 0.718. The van der Waals surface area contributed by atoms with Crippen molar-refractivity contribution in [2.45, 2.75) is 0 Å². The molecule has 0 saturated heterocycles. The van der Waals surface area contributed by atoms with Crippen molar-refractivity contribution in [3.63, 3.8) is 0 Å². The largest absolute Gasteiger partial charge is 0.296 e. The summed E-state index contributed by atoms with van der Waals surface area (Å²) < 4.78 is 15.2. The van der Waals surface area contributed by atoms with Crippen LogP contribution in [-0.4, -0.2) is 15.7 Å². The number of nitrogens with zero attached hydrogens (tertiary/aromatic N) is 2. The smallest absolute Gasteiger partial charge is 0.228 e. The van der Waals surface area contributed by atoms with Crippen LogP contribution in [0, 0.1) is 5.95 Å². The zero-order valence-corrected chi connectivity index (χ0v) is 7.95. The summed E-state index contributed by atoms with van der Waals surface area (Å²) >= 11 is 3.22. The van der Waals surface area contributed by atoms with Crippen LogP contribution in [0.1, 0.15) is 10.5 Å². The van der Waals surface area contributed by atoms with Gasteiger partial charge in [-0.2, -0.15) is 4.39 Å². The molecule has 2 heterocycles. The molecular formula is C8H4BrFN2O. The van der Waals surface area contributed by atoms with Crippen molar-refractivity contribution < 1.29 is 9.18 Å². The topological polar surface area (TPSA) is 34.4 Å². The number of imidazole rings is 1. The van der Waals surface area contributed by atoms with E-state index >= 15 is 0 Å². The van der Waals surface area contributed by atoms with Gasteiger partial charge in [-0.15, -0.1) is 0 Å². The molecule has 2 aromatic heterocycles. The Kier molecular flexibility index (Phi) is 1.88. The zero-order valence-electron chi connectivity index (χ0n) is 6.37. The van der Waals surface area contributed by atoms with Gasteiger partial charge in [-0.25, -0.2) is 4.98 Å². The van der Waals surface area contributed by atoms with Crippen molar-refractivity contribution in [1.29, 1.82) is 0 Å². The lowest BCUT2D eigenvalue weighted by molar-refractivity contribution is 0.111. The molecule has 5 heteroatoms. The Morgan fingerprint density at radius 2 is 2.38 bits per heavy atom. The summed E-state index contributed by atoms with van der Waals surface area (Å²) in [5, 5.41) is 0. The van der Waals surface area contributed by atoms with Gasteiger partial charge in [-0.05, 0) is 12.1 Å². The van der Waals surface area contributed by atoms with Crippen LogP contribution in [0.3, 0.4) is 0 Å². The van der Waals surface area contributed by atoms with E-state index in [0.29, 0.717) is 11.9 Å². The number of aldehydes is 1. The first-order valence-corrected chi connectivity index (χ1v) is 4.30. The van der Waals surface area contributed by atoms with Crippen molar-refractivity contribution in [2.75, 3.05) is 0 Å². The highest BCUT2D eigenvalue weighted by atomic mass is 79.9. The van der Waals surface area contributed by atoms with E-state index in [-0.39, 0.29) is 5.69 Å². The fraction of sp³-hybridized carbons (Fsp3) is 0. The lowest BCUT2D eigenvalue weighted by Gasteiger charge is -1.92. The highest BCUT2D eigenvalue weighted by molar-refractivity contribution is 9.10. The molecule has 0 N–H and O–H groups in total. The van der Waals surface area contributed by atoms with Crippen molar-refractivity contribution in [2.24, 2.45) is 0 Å². The number of carbonyl (C=O) groups is 1. The average molecular weight is 243 g/mol. The number of fused-ring (bicyclic) bond motifs is 1. The first-order chi connectivity index (χ1) is 6.22. The Morgan fingerprint density at radius 1 is 1.62 bits per heavy atom. The van der Waals surface area contributed by atoms with E-state index in [0.717, 1.165) is 4.47 Å². The van der Waals surface area contributed by atoms with E-state index in [2.05, 4.69) is 20.9 Å². The van der Waals surface area contributed by atoms with Crippen LogP contribution in [0.15, 0.2) is 22.8 Å². The fourth-order valence-electron chi connectivity index (χ4n) is 1.08. The molecule has 0 aromatic carbocycles. The minimum Gasteiger partial charge on any atom is -0.296 e. The van der Waals surface area contributed by atoms with Gasteiger partial charge >= 0.3 is 0 Å². The maximum absolute atomic E-state index is 13.2. The Morgan fingerprint density at radius 3 is 3.08 bits per heavy atom. The van der Waals surface area contributed by atoms with Gasteiger partial charge in [0.05, 0.1) is 0 Å². The Labute approximate surface area is 81.3 Å². The molecular weight excluding hydrogens is 239 g/mol. The molecule has 2 rings (SSSR count). The molecule has 0 aliphatic heterocycles. The predicted octanol–water partition coefficient (Wildman–Crippen LogP) is 2.05. The van der Waals surface area contributed by atoms with E-state index in [1.165, 1.54) is 10.6 Å². The lowest BCUT2D eigenvalue weighted by atomic mass is 10.5. The molecule has 0 fully saturated rings. The molecule has 0 aliphatic carbocycles. The lowest BCUT2D eigenvalue weighted by Crippen LogP contribution is -1.88. The SMILES string of the molecule is O=Cc1nc2cc(Br)ccn2c1F. The zero-order chi connectivity index (χ0) is 9.42. The minimum atomic E-state index is -0.627. The van der Waals surface area contributed by atoms with Gasteiger partial charge in [0.2, 0.25) is 5.95 Å². The molecule has 0 aliphatic rings. The summed E-state index contributed by atoms with van der Waals surface area (Å²) in [4.78, 5) is 14.1. The number of halogens is 2. The second kappa shape index (κ2) is 2.92. The van der Waals surface area contributed by atoms with E-state index in [1.54, 1.807) is 12.1 Å². The first-order valence-electron chi connectivity index (χ1n) is 3.50. The number of pyridine rings is 1. The second-order valence-corrected chi connectivity index (χ2v) is 3.39. The highest BCUT2D eigenvalue weighted by Crippen LogP contribution is 2.15. The van der Waals surface area contributed by atoms with E-state index in [9.17, 15) is 9.18 Å². The van der Waals surface area contributed by atoms with E-state index in [1.807, 2.05) is 0 Å². The van der Waals surface area contributed by atoms with Crippen LogP contribution in [0.25, 0.3) is 5.65 Å². The van der Waals surface area contributed by atoms with E-state index in [4.69, 9.17) is 0 Å². The number of hydrogen-bond acceptors (Lipinski definition) is 2. The van der Waals surface area contributed by atoms with Crippen LogP contribution in [0.5, 0.6) is 0 Å². The molecule has 0 bridgehead atoms. The summed E-state index contributed by atoms with van der Waals surface area (Å²) in [6, 6.07) is 3.31. The monoisotopic (exact) mass is 242 g/mol. The van der Waals surface area contributed by atoms with Gasteiger partial charge < -0.3 is 0 Å². The minimum absolute atomic E-state index is 0.168. The Bertz CT molecular complexity index is 480. The first kappa shape index (κ1) is 8.37. The van der Waals surface area contributed by atoms with Gasteiger partial charge in [-0.3, -0.25) is 9.20 Å². The van der Waals surface area contributed by atoms with Crippen molar-refractivity contribution in [1.82, 2.24) is 9.38 Å². The maximum Gasteiger partial charge on any atom is 0.228 e. The molecule has 2 aromatic rings. The molecule has 0 spiro atoms. The highest BCUT2D eigenvalue weighted by Gasteiger charge is 2.10. The fourth-order valence-corrected chi connectivity index (χ4v) is 1.41. The molecule has 0 saturated carbocycles. The van der Waals surface area contributed by atoms with Crippen molar-refractivity contribution in [3.8, 4) is 0 Å². The third-order valence-corrected chi connectivity index (χ3v) is 2.16. The number of carbonyl (C=O) groups excluding carboxylic acids is 1. The second-order valence-electron chi connectivity index (χ2n) is 2.48. The van der Waals surface area contributed by atoms with Crippen LogP contribution in [0.4, 0.5) is 4.39 Å². The van der Waals surface area contributed by atoms with Crippen molar-refractivity contribution >= 4 is 27.9 Å². The number of aromatic nitrogens is 2. The normalized spacial score (nSPS) is 10.6. The summed E-state index contributed by atoms with van der Waals surface area (Å²) in [5.41, 5.74) is 0.243. The summed E-state index contributed by atoms with van der Waals surface area (Å²) in [7, 11) is 0. The van der Waals surface area contributed by atoms with E-state index < -0.39 is 5.95 Å². The van der Waals surface area contributed by atoms with Crippen LogP contribution >= 0.6 is 15.9 Å². The molecule has 0 unspecified atom stereocenters. The van der Waals surface area contributed by atoms with Gasteiger partial charge in [0, 0.05) is 10.7 Å². The Balaban J connectivity index is 2.83. The number of hydrogen-bond donors (Lipinski definition) is 0. The van der Waals surface area contributed by atoms with Crippen molar-refractivity contribution in [3.05, 3.63) is 34.4 Å². The molecule has 0 radical (unpaired) electrons. The summed E-state index contributed by atoms with van der Waals surface area (Å²) in [5.74, 6) is -0.627. The third-order valence-electron chi connectivity index (χ3n) is 1.67. The number of rotatable bonds is 1. The standard InChI is InChI=1S/C8H4BrFN2O/c9-5-1-2-12-7(3-5)11-6(4-13)8(12)10/h1-4H.